The zero-order chi connectivity index (χ0) is 34.2. The lowest BCUT2D eigenvalue weighted by atomic mass is 9.87. The molecule has 0 aliphatic carbocycles. The summed E-state index contributed by atoms with van der Waals surface area (Å²) in [5, 5.41) is 22.6. The number of fused-ring (bicyclic) bond motifs is 6. The molecule has 48 heavy (non-hydrogen) atoms. The van der Waals surface area contributed by atoms with E-state index in [0.29, 0.717) is 34.1 Å². The van der Waals surface area contributed by atoms with Crippen molar-refractivity contribution in [1.82, 2.24) is 10.6 Å². The van der Waals surface area contributed by atoms with Crippen molar-refractivity contribution in [3.05, 3.63) is 107 Å². The van der Waals surface area contributed by atoms with Crippen LogP contribution < -0.4 is 42.5 Å². The molecule has 5 rings (SSSR count). The van der Waals surface area contributed by atoms with Crippen LogP contribution in [0.5, 0.6) is 0 Å². The quantitative estimate of drug-likeness (QED) is 0.110. The molecular weight excluding hydrogens is 608 g/mol. The molecule has 12 heteroatoms. The van der Waals surface area contributed by atoms with Crippen LogP contribution in [-0.2, 0) is 13.1 Å². The molecule has 8 amide bonds. The summed E-state index contributed by atoms with van der Waals surface area (Å²) in [5.74, 6) is 0.370. The van der Waals surface area contributed by atoms with Gasteiger partial charge >= 0.3 is 24.1 Å². The van der Waals surface area contributed by atoms with E-state index in [4.69, 9.17) is 0 Å². The lowest BCUT2D eigenvalue weighted by Gasteiger charge is -2.22. The van der Waals surface area contributed by atoms with Gasteiger partial charge in [-0.15, -0.1) is 0 Å². The first kappa shape index (κ1) is 33.3. The Morgan fingerprint density at radius 3 is 1.19 bits per heavy atom. The van der Waals surface area contributed by atoms with E-state index in [0.717, 1.165) is 22.3 Å². The van der Waals surface area contributed by atoms with Gasteiger partial charge in [0.2, 0.25) is 0 Å². The van der Waals surface area contributed by atoms with E-state index in [-0.39, 0.29) is 24.9 Å². The maximum atomic E-state index is 13.1. The fourth-order valence-corrected chi connectivity index (χ4v) is 5.44. The summed E-state index contributed by atoms with van der Waals surface area (Å²) < 4.78 is 0. The standard InChI is InChI=1S/C36H40N8O4/c1-21(2)27-18-28(22(3)4)24-16-23(27)19-37-33(45)41-29-12-5-7-14-31(29)43-35(47)39-25-10-9-11-26(17-25)40-36(48)44-32-15-8-6-13-30(32)42-34(46)38-20-24/h5-18,21-22H,19-20H2,1-4H3,(H2,37,41,45)(H2,38,42,46)(H2,39,43,47)(H2,40,44,48). The van der Waals surface area contributed by atoms with E-state index in [1.807, 2.05) is 6.07 Å². The van der Waals surface area contributed by atoms with Crippen LogP contribution in [0.3, 0.4) is 0 Å². The Hall–Kier alpha value is -6.04. The number of benzene rings is 4. The normalized spacial score (nSPS) is 14.3. The molecule has 0 saturated heterocycles. The van der Waals surface area contributed by atoms with Crippen molar-refractivity contribution >= 4 is 58.2 Å². The third kappa shape index (κ3) is 8.60. The maximum Gasteiger partial charge on any atom is 0.323 e. The van der Waals surface area contributed by atoms with Gasteiger partial charge in [-0.1, -0.05) is 70.2 Å². The van der Waals surface area contributed by atoms with Crippen LogP contribution in [-0.4, -0.2) is 24.1 Å². The summed E-state index contributed by atoms with van der Waals surface area (Å²) >= 11 is 0. The molecule has 0 fully saturated rings. The monoisotopic (exact) mass is 648 g/mol. The number of rotatable bonds is 2. The molecule has 0 unspecified atom stereocenters. The summed E-state index contributed by atoms with van der Waals surface area (Å²) in [4.78, 5) is 52.1. The number of amides is 8. The molecule has 4 aromatic carbocycles. The van der Waals surface area contributed by atoms with Crippen LogP contribution in [0.2, 0.25) is 0 Å². The molecule has 248 valence electrons. The Kier molecular flexibility index (Phi) is 10.4. The van der Waals surface area contributed by atoms with Gasteiger partial charge in [0, 0.05) is 24.5 Å². The summed E-state index contributed by atoms with van der Waals surface area (Å²) in [6, 6.07) is 22.5. The fourth-order valence-electron chi connectivity index (χ4n) is 5.44. The third-order valence-corrected chi connectivity index (χ3v) is 7.75. The summed E-state index contributed by atoms with van der Waals surface area (Å²) in [7, 11) is 0. The number of anilines is 6. The average molecular weight is 649 g/mol. The van der Waals surface area contributed by atoms with Gasteiger partial charge < -0.3 is 42.5 Å². The van der Waals surface area contributed by atoms with E-state index in [1.165, 1.54) is 0 Å². The van der Waals surface area contributed by atoms with Gasteiger partial charge in [-0.25, -0.2) is 19.2 Å². The topological polar surface area (TPSA) is 165 Å². The molecule has 0 radical (unpaired) electrons. The SMILES string of the molecule is CC(C)c1cc(C(C)C)c2cc1CNC(=O)Nc1ccccc1NC(=O)Nc1cccc(c1)NC(=O)Nc1ccccc1NC(=O)NC2. The number of carbonyl (C=O) groups is 4. The fraction of sp³-hybridized carbons (Fsp3) is 0.222. The molecule has 0 atom stereocenters. The Morgan fingerprint density at radius 2 is 0.812 bits per heavy atom. The van der Waals surface area contributed by atoms with Crippen LogP contribution in [0.25, 0.3) is 0 Å². The number of hydrogen-bond donors (Lipinski definition) is 8. The number of para-hydroxylation sites is 4. The van der Waals surface area contributed by atoms with Crippen LogP contribution in [0.4, 0.5) is 53.3 Å². The highest BCUT2D eigenvalue weighted by Crippen LogP contribution is 2.29. The van der Waals surface area contributed by atoms with E-state index in [1.54, 1.807) is 72.8 Å². The van der Waals surface area contributed by atoms with Gasteiger partial charge in [0.1, 0.15) is 0 Å². The average Bonchev–Trinajstić information content (AvgIpc) is 3.04. The smallest absolute Gasteiger partial charge is 0.323 e. The van der Waals surface area contributed by atoms with Crippen molar-refractivity contribution in [2.45, 2.75) is 52.6 Å². The molecule has 8 N–H and O–H groups in total. The van der Waals surface area contributed by atoms with Crippen molar-refractivity contribution < 1.29 is 19.2 Å². The highest BCUT2D eigenvalue weighted by atomic mass is 16.2. The first-order chi connectivity index (χ1) is 23.0. The number of carbonyl (C=O) groups excluding carboxylic acids is 4. The van der Waals surface area contributed by atoms with E-state index in [9.17, 15) is 19.2 Å². The van der Waals surface area contributed by atoms with Crippen LogP contribution in [0.15, 0.2) is 84.9 Å². The van der Waals surface area contributed by atoms with Gasteiger partial charge in [-0.2, -0.15) is 0 Å². The predicted octanol–water partition coefficient (Wildman–Crippen LogP) is 8.18. The lowest BCUT2D eigenvalue weighted by Crippen LogP contribution is -2.31. The molecule has 4 aromatic rings. The molecule has 0 saturated carbocycles. The Labute approximate surface area is 279 Å². The second kappa shape index (κ2) is 15.0. The van der Waals surface area contributed by atoms with Crippen LogP contribution in [0.1, 0.15) is 61.8 Å². The van der Waals surface area contributed by atoms with E-state index in [2.05, 4.69) is 76.3 Å². The molecule has 1 heterocycles. The molecule has 1 aliphatic rings. The predicted molar refractivity (Wildman–Crippen MR) is 191 cm³/mol. The van der Waals surface area contributed by atoms with Gasteiger partial charge in [0.15, 0.2) is 0 Å². The Morgan fingerprint density at radius 1 is 0.438 bits per heavy atom. The lowest BCUT2D eigenvalue weighted by molar-refractivity contribution is 0.251. The minimum absolute atomic E-state index is 0.185. The maximum absolute atomic E-state index is 13.1. The first-order valence-electron chi connectivity index (χ1n) is 15.7. The number of hydrogen-bond acceptors (Lipinski definition) is 4. The summed E-state index contributed by atoms with van der Waals surface area (Å²) in [5.41, 5.74) is 6.46. The second-order valence-electron chi connectivity index (χ2n) is 12.0. The Bertz CT molecular complexity index is 1710. The van der Waals surface area contributed by atoms with Gasteiger partial charge in [-0.05, 0) is 76.6 Å². The van der Waals surface area contributed by atoms with Gasteiger partial charge in [0.05, 0.1) is 22.7 Å². The Balaban J connectivity index is 1.47. The van der Waals surface area contributed by atoms with E-state index < -0.39 is 24.1 Å². The van der Waals surface area contributed by atoms with Crippen LogP contribution >= 0.6 is 0 Å². The summed E-state index contributed by atoms with van der Waals surface area (Å²) in [6.45, 7) is 8.88. The van der Waals surface area contributed by atoms with Crippen molar-refractivity contribution in [2.75, 3.05) is 31.9 Å². The first-order valence-corrected chi connectivity index (χ1v) is 15.7. The molecule has 4 bridgehead atoms. The zero-order valence-corrected chi connectivity index (χ0v) is 27.3. The van der Waals surface area contributed by atoms with Crippen molar-refractivity contribution in [3.8, 4) is 0 Å². The third-order valence-electron chi connectivity index (χ3n) is 7.75. The molecule has 0 aromatic heterocycles. The van der Waals surface area contributed by atoms with Crippen molar-refractivity contribution in [2.24, 2.45) is 0 Å². The highest BCUT2D eigenvalue weighted by molar-refractivity contribution is 6.06. The minimum Gasteiger partial charge on any atom is -0.334 e. The molecule has 1 aliphatic heterocycles. The number of urea groups is 4. The van der Waals surface area contributed by atoms with Crippen molar-refractivity contribution in [1.29, 1.82) is 0 Å². The molecular formula is C36H40N8O4. The molecule has 0 spiro atoms. The molecule has 12 nitrogen and oxygen atoms in total. The largest absolute Gasteiger partial charge is 0.334 e. The van der Waals surface area contributed by atoms with Crippen molar-refractivity contribution in [3.63, 3.8) is 0 Å². The van der Waals surface area contributed by atoms with Crippen LogP contribution in [0, 0.1) is 0 Å². The number of nitrogens with one attached hydrogen (secondary N) is 8. The second-order valence-corrected chi connectivity index (χ2v) is 12.0. The zero-order valence-electron chi connectivity index (χ0n) is 27.3. The minimum atomic E-state index is -0.543. The van der Waals surface area contributed by atoms with Gasteiger partial charge in [0.25, 0.3) is 0 Å². The summed E-state index contributed by atoms with van der Waals surface area (Å²) in [6.07, 6.45) is 0. The van der Waals surface area contributed by atoms with E-state index >= 15 is 0 Å². The van der Waals surface area contributed by atoms with Gasteiger partial charge in [-0.3, -0.25) is 0 Å². The highest BCUT2D eigenvalue weighted by Gasteiger charge is 2.18.